The Kier molecular flexibility index (Phi) is 4.40. The third-order valence-corrected chi connectivity index (χ3v) is 2.47. The number of aromatic nitrogens is 1. The van der Waals surface area contributed by atoms with E-state index in [9.17, 15) is 0 Å². The number of nitrogens with zero attached hydrogens (tertiary/aromatic N) is 1. The second kappa shape index (κ2) is 5.59. The van der Waals surface area contributed by atoms with Gasteiger partial charge in [-0.1, -0.05) is 19.8 Å². The fraction of sp³-hybridized carbons (Fsp3) is 0.583. The highest BCUT2D eigenvalue weighted by Gasteiger charge is 2.04. The van der Waals surface area contributed by atoms with Gasteiger partial charge in [-0.3, -0.25) is 0 Å². The van der Waals surface area contributed by atoms with Gasteiger partial charge in [0.05, 0.1) is 11.9 Å². The van der Waals surface area contributed by atoms with E-state index < -0.39 is 0 Å². The molecule has 0 amide bonds. The maximum atomic E-state index is 5.65. The number of pyridine rings is 1. The summed E-state index contributed by atoms with van der Waals surface area (Å²) in [7, 11) is 0. The van der Waals surface area contributed by atoms with Crippen molar-refractivity contribution in [3.05, 3.63) is 17.8 Å². The summed E-state index contributed by atoms with van der Waals surface area (Å²) in [6, 6.07) is 2.42. The molecular weight excluding hydrogens is 186 g/mol. The molecule has 1 atom stereocenters. The van der Waals surface area contributed by atoms with Crippen LogP contribution in [0.1, 0.15) is 38.7 Å². The van der Waals surface area contributed by atoms with Gasteiger partial charge in [-0.15, -0.1) is 0 Å². The molecule has 3 nitrogen and oxygen atoms in total. The lowest BCUT2D eigenvalue weighted by molar-refractivity contribution is 0.643. The van der Waals surface area contributed by atoms with Crippen molar-refractivity contribution in [3.63, 3.8) is 0 Å². The molecule has 1 heterocycles. The van der Waals surface area contributed by atoms with E-state index in [1.807, 2.05) is 13.0 Å². The zero-order chi connectivity index (χ0) is 11.3. The molecule has 3 heteroatoms. The Balaban J connectivity index is 2.56. The number of hydrogen-bond acceptors (Lipinski definition) is 3. The van der Waals surface area contributed by atoms with E-state index in [-0.39, 0.29) is 0 Å². The van der Waals surface area contributed by atoms with Crippen molar-refractivity contribution in [1.82, 2.24) is 4.98 Å². The van der Waals surface area contributed by atoms with Crippen LogP contribution >= 0.6 is 0 Å². The van der Waals surface area contributed by atoms with E-state index in [1.54, 1.807) is 6.20 Å². The molecule has 84 valence electrons. The first-order valence-corrected chi connectivity index (χ1v) is 5.62. The molecule has 1 unspecified atom stereocenters. The molecule has 0 saturated carbocycles. The highest BCUT2D eigenvalue weighted by molar-refractivity contribution is 5.51. The van der Waals surface area contributed by atoms with Crippen LogP contribution in [0.3, 0.4) is 0 Å². The van der Waals surface area contributed by atoms with Crippen molar-refractivity contribution in [3.8, 4) is 0 Å². The van der Waals surface area contributed by atoms with Crippen LogP contribution in [0.5, 0.6) is 0 Å². The SMILES string of the molecule is CCCCC(C)Nc1ncc(N)cc1C. The quantitative estimate of drug-likeness (QED) is 0.780. The topological polar surface area (TPSA) is 50.9 Å². The van der Waals surface area contributed by atoms with Gasteiger partial charge in [-0.25, -0.2) is 4.98 Å². The van der Waals surface area contributed by atoms with Crippen molar-refractivity contribution < 1.29 is 0 Å². The zero-order valence-corrected chi connectivity index (χ0v) is 9.88. The molecular formula is C12H21N3. The number of rotatable bonds is 5. The highest BCUT2D eigenvalue weighted by atomic mass is 15.0. The summed E-state index contributed by atoms with van der Waals surface area (Å²) in [4.78, 5) is 4.29. The molecule has 0 spiro atoms. The number of nitrogens with one attached hydrogen (secondary N) is 1. The van der Waals surface area contributed by atoms with Crippen LogP contribution < -0.4 is 11.1 Å². The Hall–Kier alpha value is -1.25. The van der Waals surface area contributed by atoms with E-state index in [0.717, 1.165) is 17.1 Å². The van der Waals surface area contributed by atoms with Gasteiger partial charge in [0.2, 0.25) is 0 Å². The van der Waals surface area contributed by atoms with Gasteiger partial charge in [0.25, 0.3) is 0 Å². The Labute approximate surface area is 92.1 Å². The third-order valence-electron chi connectivity index (χ3n) is 2.47. The summed E-state index contributed by atoms with van der Waals surface area (Å²) < 4.78 is 0. The van der Waals surface area contributed by atoms with Crippen molar-refractivity contribution in [2.75, 3.05) is 11.1 Å². The maximum absolute atomic E-state index is 5.65. The summed E-state index contributed by atoms with van der Waals surface area (Å²) in [5, 5.41) is 3.41. The van der Waals surface area contributed by atoms with Crippen molar-refractivity contribution in [1.29, 1.82) is 0 Å². The summed E-state index contributed by atoms with van der Waals surface area (Å²) in [6.07, 6.45) is 5.37. The van der Waals surface area contributed by atoms with Crippen LogP contribution in [0.2, 0.25) is 0 Å². The zero-order valence-electron chi connectivity index (χ0n) is 9.88. The second-order valence-corrected chi connectivity index (χ2v) is 4.12. The minimum Gasteiger partial charge on any atom is -0.397 e. The van der Waals surface area contributed by atoms with Gasteiger partial charge >= 0.3 is 0 Å². The predicted molar refractivity (Wildman–Crippen MR) is 66.0 cm³/mol. The summed E-state index contributed by atoms with van der Waals surface area (Å²) >= 11 is 0. The minimum absolute atomic E-state index is 0.472. The average Bonchev–Trinajstić information content (AvgIpc) is 2.19. The van der Waals surface area contributed by atoms with Crippen molar-refractivity contribution in [2.24, 2.45) is 0 Å². The molecule has 0 radical (unpaired) electrons. The molecule has 0 aliphatic carbocycles. The number of anilines is 2. The largest absolute Gasteiger partial charge is 0.397 e. The second-order valence-electron chi connectivity index (χ2n) is 4.12. The number of hydrogen-bond donors (Lipinski definition) is 2. The standard InChI is InChI=1S/C12H21N3/c1-4-5-6-10(3)15-12-9(2)7-11(13)8-14-12/h7-8,10H,4-6,13H2,1-3H3,(H,14,15). The highest BCUT2D eigenvalue weighted by Crippen LogP contribution is 2.16. The van der Waals surface area contributed by atoms with Gasteiger partial charge in [0, 0.05) is 6.04 Å². The molecule has 0 aliphatic heterocycles. The number of nitrogen functional groups attached to an aromatic ring is 1. The molecule has 0 saturated heterocycles. The Morgan fingerprint density at radius 1 is 1.53 bits per heavy atom. The number of nitrogens with two attached hydrogens (primary N) is 1. The van der Waals surface area contributed by atoms with E-state index in [0.29, 0.717) is 6.04 Å². The van der Waals surface area contributed by atoms with Crippen LogP contribution in [0, 0.1) is 6.92 Å². The van der Waals surface area contributed by atoms with Crippen LogP contribution in [0.4, 0.5) is 11.5 Å². The smallest absolute Gasteiger partial charge is 0.129 e. The van der Waals surface area contributed by atoms with Gasteiger partial charge in [-0.2, -0.15) is 0 Å². The first-order chi connectivity index (χ1) is 7.13. The van der Waals surface area contributed by atoms with Crippen LogP contribution in [-0.4, -0.2) is 11.0 Å². The first kappa shape index (κ1) is 11.8. The molecule has 0 fully saturated rings. The van der Waals surface area contributed by atoms with Crippen LogP contribution in [0.15, 0.2) is 12.3 Å². The first-order valence-electron chi connectivity index (χ1n) is 5.62. The van der Waals surface area contributed by atoms with Gasteiger partial charge in [0.15, 0.2) is 0 Å². The molecule has 1 aromatic rings. The van der Waals surface area contributed by atoms with E-state index in [4.69, 9.17) is 5.73 Å². The lowest BCUT2D eigenvalue weighted by atomic mass is 10.1. The predicted octanol–water partition coefficient (Wildman–Crippen LogP) is 2.96. The fourth-order valence-corrected chi connectivity index (χ4v) is 1.56. The minimum atomic E-state index is 0.472. The van der Waals surface area contributed by atoms with Crippen molar-refractivity contribution in [2.45, 2.75) is 46.1 Å². The average molecular weight is 207 g/mol. The van der Waals surface area contributed by atoms with Gasteiger partial charge < -0.3 is 11.1 Å². The van der Waals surface area contributed by atoms with E-state index in [1.165, 1.54) is 19.3 Å². The van der Waals surface area contributed by atoms with Crippen LogP contribution in [0.25, 0.3) is 0 Å². The fourth-order valence-electron chi connectivity index (χ4n) is 1.56. The monoisotopic (exact) mass is 207 g/mol. The molecule has 0 aromatic carbocycles. The van der Waals surface area contributed by atoms with E-state index >= 15 is 0 Å². The third kappa shape index (κ3) is 3.78. The molecule has 1 aromatic heterocycles. The molecule has 0 bridgehead atoms. The molecule has 3 N–H and O–H groups in total. The summed E-state index contributed by atoms with van der Waals surface area (Å²) in [5.41, 5.74) is 7.48. The lowest BCUT2D eigenvalue weighted by Gasteiger charge is -2.15. The number of aryl methyl sites for hydroxylation is 1. The Bertz CT molecular complexity index is 310. The Morgan fingerprint density at radius 3 is 2.87 bits per heavy atom. The van der Waals surface area contributed by atoms with Crippen LogP contribution in [-0.2, 0) is 0 Å². The number of unbranched alkanes of at least 4 members (excludes halogenated alkanes) is 1. The molecule has 15 heavy (non-hydrogen) atoms. The van der Waals surface area contributed by atoms with Gasteiger partial charge in [-0.05, 0) is 31.9 Å². The maximum Gasteiger partial charge on any atom is 0.129 e. The normalized spacial score (nSPS) is 12.5. The lowest BCUT2D eigenvalue weighted by Crippen LogP contribution is -2.16. The Morgan fingerprint density at radius 2 is 2.27 bits per heavy atom. The van der Waals surface area contributed by atoms with Crippen molar-refractivity contribution >= 4 is 11.5 Å². The molecule has 0 aliphatic rings. The molecule has 1 rings (SSSR count). The summed E-state index contributed by atoms with van der Waals surface area (Å²) in [5.74, 6) is 0.952. The van der Waals surface area contributed by atoms with Gasteiger partial charge in [0.1, 0.15) is 5.82 Å². The summed E-state index contributed by atoms with van der Waals surface area (Å²) in [6.45, 7) is 6.42. The van der Waals surface area contributed by atoms with E-state index in [2.05, 4.69) is 24.1 Å².